The van der Waals surface area contributed by atoms with Crippen LogP contribution in [0.25, 0.3) is 0 Å². The number of hydrogen-bond donors (Lipinski definition) is 2. The molecule has 6 nitrogen and oxygen atoms in total. The molecule has 166 valence electrons. The van der Waals surface area contributed by atoms with Gasteiger partial charge in [0.15, 0.2) is 5.96 Å². The molecular weight excluding hydrogens is 518 g/mol. The molecule has 1 saturated heterocycles. The van der Waals surface area contributed by atoms with Crippen molar-refractivity contribution in [2.45, 2.75) is 32.0 Å². The standard InChI is InChI=1S/C18H28F3N5OS.HI/c1-3-22-17(24-12-16(27)25(2)13-18(19,20)21)23-11-14(15-7-6-10-28-15)26-8-4-5-9-26;/h6-7,10,14H,3-5,8-9,11-13H2,1-2H3,(H2,22,23,24);1H. The smallest absolute Gasteiger partial charge is 0.357 e. The van der Waals surface area contributed by atoms with E-state index in [-0.39, 0.29) is 36.6 Å². The van der Waals surface area contributed by atoms with Gasteiger partial charge in [0.1, 0.15) is 13.1 Å². The summed E-state index contributed by atoms with van der Waals surface area (Å²) in [4.78, 5) is 20.4. The summed E-state index contributed by atoms with van der Waals surface area (Å²) in [6.07, 6.45) is -2.06. The van der Waals surface area contributed by atoms with Crippen molar-refractivity contribution in [3.05, 3.63) is 22.4 Å². The van der Waals surface area contributed by atoms with Gasteiger partial charge in [0, 0.05) is 25.0 Å². The van der Waals surface area contributed by atoms with Crippen LogP contribution in [-0.4, -0.2) is 74.2 Å². The molecule has 0 radical (unpaired) electrons. The van der Waals surface area contributed by atoms with E-state index in [1.165, 1.54) is 17.7 Å². The van der Waals surface area contributed by atoms with Gasteiger partial charge in [0.2, 0.25) is 5.91 Å². The number of carbonyl (C=O) groups excluding carboxylic acids is 1. The molecule has 0 aliphatic carbocycles. The van der Waals surface area contributed by atoms with Crippen LogP contribution in [0.1, 0.15) is 30.7 Å². The van der Waals surface area contributed by atoms with E-state index in [0.717, 1.165) is 20.1 Å². The highest BCUT2D eigenvalue weighted by Crippen LogP contribution is 2.27. The zero-order valence-electron chi connectivity index (χ0n) is 16.7. The lowest BCUT2D eigenvalue weighted by molar-refractivity contribution is -0.157. The fraction of sp³-hybridized carbons (Fsp3) is 0.667. The van der Waals surface area contributed by atoms with E-state index in [0.29, 0.717) is 23.9 Å². The molecule has 11 heteroatoms. The van der Waals surface area contributed by atoms with E-state index >= 15 is 0 Å². The Hall–Kier alpha value is -1.08. The Labute approximate surface area is 190 Å². The first-order chi connectivity index (χ1) is 13.3. The lowest BCUT2D eigenvalue weighted by atomic mass is 10.2. The number of alkyl halides is 3. The minimum atomic E-state index is -4.42. The van der Waals surface area contributed by atoms with Crippen LogP contribution in [0.3, 0.4) is 0 Å². The van der Waals surface area contributed by atoms with Gasteiger partial charge in [-0.1, -0.05) is 6.07 Å². The number of amides is 1. The third kappa shape index (κ3) is 9.08. The fourth-order valence-corrected chi connectivity index (χ4v) is 3.96. The second-order valence-corrected chi connectivity index (χ2v) is 7.69. The van der Waals surface area contributed by atoms with Crippen molar-refractivity contribution >= 4 is 47.2 Å². The molecule has 1 amide bonds. The zero-order chi connectivity index (χ0) is 20.6. The Bertz CT molecular complexity index is 636. The lowest BCUT2D eigenvalue weighted by Gasteiger charge is -2.27. The van der Waals surface area contributed by atoms with E-state index in [9.17, 15) is 18.0 Å². The highest BCUT2D eigenvalue weighted by atomic mass is 127. The van der Waals surface area contributed by atoms with Crippen LogP contribution in [0, 0.1) is 0 Å². The number of carbonyl (C=O) groups is 1. The quantitative estimate of drug-likeness (QED) is 0.299. The van der Waals surface area contributed by atoms with Crippen LogP contribution >= 0.6 is 35.3 Å². The van der Waals surface area contributed by atoms with Gasteiger partial charge in [-0.2, -0.15) is 13.2 Å². The molecule has 1 aliphatic heterocycles. The molecule has 0 spiro atoms. The number of hydrogen-bond acceptors (Lipinski definition) is 4. The van der Waals surface area contributed by atoms with Crippen molar-refractivity contribution in [3.8, 4) is 0 Å². The number of thiophene rings is 1. The molecule has 2 rings (SSSR count). The van der Waals surface area contributed by atoms with E-state index in [1.807, 2.05) is 18.4 Å². The second-order valence-electron chi connectivity index (χ2n) is 6.72. The second kappa shape index (κ2) is 12.6. The van der Waals surface area contributed by atoms with E-state index < -0.39 is 18.6 Å². The molecule has 0 saturated carbocycles. The van der Waals surface area contributed by atoms with Crippen LogP contribution in [0.2, 0.25) is 0 Å². The summed E-state index contributed by atoms with van der Waals surface area (Å²) in [6, 6.07) is 4.34. The molecule has 1 aromatic rings. The van der Waals surface area contributed by atoms with Crippen molar-refractivity contribution in [2.24, 2.45) is 4.99 Å². The summed E-state index contributed by atoms with van der Waals surface area (Å²) in [5.74, 6) is -0.249. The molecule has 1 atom stereocenters. The Balaban J connectivity index is 0.00000420. The Morgan fingerprint density at radius 3 is 2.59 bits per heavy atom. The van der Waals surface area contributed by atoms with Crippen molar-refractivity contribution in [2.75, 3.05) is 46.3 Å². The molecule has 29 heavy (non-hydrogen) atoms. The minimum absolute atomic E-state index is 0. The van der Waals surface area contributed by atoms with Crippen LogP contribution in [0.15, 0.2) is 22.5 Å². The highest BCUT2D eigenvalue weighted by Gasteiger charge is 2.31. The number of nitrogens with one attached hydrogen (secondary N) is 2. The van der Waals surface area contributed by atoms with Gasteiger partial charge in [-0.3, -0.25) is 9.69 Å². The van der Waals surface area contributed by atoms with Crippen molar-refractivity contribution < 1.29 is 18.0 Å². The van der Waals surface area contributed by atoms with Crippen LogP contribution in [-0.2, 0) is 4.79 Å². The number of likely N-dealkylation sites (tertiary alicyclic amines) is 1. The first-order valence-electron chi connectivity index (χ1n) is 9.40. The summed E-state index contributed by atoms with van der Waals surface area (Å²) in [6.45, 7) is 3.56. The van der Waals surface area contributed by atoms with Gasteiger partial charge in [-0.05, 0) is 44.3 Å². The van der Waals surface area contributed by atoms with Gasteiger partial charge >= 0.3 is 6.18 Å². The molecule has 2 heterocycles. The van der Waals surface area contributed by atoms with Gasteiger partial charge in [-0.25, -0.2) is 4.99 Å². The van der Waals surface area contributed by atoms with E-state index in [1.54, 1.807) is 11.3 Å². The largest absolute Gasteiger partial charge is 0.406 e. The predicted molar refractivity (Wildman–Crippen MR) is 121 cm³/mol. The summed E-state index contributed by atoms with van der Waals surface area (Å²) >= 11 is 1.70. The van der Waals surface area contributed by atoms with Gasteiger partial charge in [-0.15, -0.1) is 35.3 Å². The number of likely N-dealkylation sites (N-methyl/N-ethyl adjacent to an activating group) is 1. The molecule has 1 unspecified atom stereocenters. The molecule has 1 aliphatic rings. The van der Waals surface area contributed by atoms with Gasteiger partial charge < -0.3 is 15.5 Å². The Kier molecular flexibility index (Phi) is 11.3. The third-order valence-electron chi connectivity index (χ3n) is 4.47. The Morgan fingerprint density at radius 1 is 1.34 bits per heavy atom. The van der Waals surface area contributed by atoms with Crippen molar-refractivity contribution in [3.63, 3.8) is 0 Å². The summed E-state index contributed by atoms with van der Waals surface area (Å²) in [7, 11) is 1.13. The highest BCUT2D eigenvalue weighted by molar-refractivity contribution is 14.0. The van der Waals surface area contributed by atoms with Crippen LogP contribution < -0.4 is 10.6 Å². The molecule has 0 aromatic carbocycles. The predicted octanol–water partition coefficient (Wildman–Crippen LogP) is 3.08. The number of halogens is 4. The Morgan fingerprint density at radius 2 is 2.03 bits per heavy atom. The van der Waals surface area contributed by atoms with E-state index in [2.05, 4.69) is 26.6 Å². The zero-order valence-corrected chi connectivity index (χ0v) is 19.8. The molecular formula is C18H29F3IN5OS. The lowest BCUT2D eigenvalue weighted by Crippen LogP contribution is -2.43. The molecule has 2 N–H and O–H groups in total. The monoisotopic (exact) mass is 547 g/mol. The minimum Gasteiger partial charge on any atom is -0.357 e. The number of rotatable bonds is 8. The normalized spacial score (nSPS) is 16.2. The maximum atomic E-state index is 12.4. The van der Waals surface area contributed by atoms with E-state index in [4.69, 9.17) is 0 Å². The van der Waals surface area contributed by atoms with Crippen LogP contribution in [0.4, 0.5) is 13.2 Å². The number of nitrogens with zero attached hydrogens (tertiary/aromatic N) is 3. The molecule has 0 bridgehead atoms. The van der Waals surface area contributed by atoms with Crippen molar-refractivity contribution in [1.29, 1.82) is 0 Å². The average molecular weight is 547 g/mol. The van der Waals surface area contributed by atoms with Gasteiger partial charge in [0.25, 0.3) is 0 Å². The van der Waals surface area contributed by atoms with Crippen LogP contribution in [0.5, 0.6) is 0 Å². The first kappa shape index (κ1) is 26.0. The number of guanidine groups is 1. The summed E-state index contributed by atoms with van der Waals surface area (Å²) in [5, 5.41) is 8.34. The molecule has 1 aromatic heterocycles. The third-order valence-corrected chi connectivity index (χ3v) is 5.45. The molecule has 1 fully saturated rings. The summed E-state index contributed by atoms with van der Waals surface area (Å²) in [5.41, 5.74) is 0. The number of aliphatic imine (C=N–C) groups is 1. The first-order valence-corrected chi connectivity index (χ1v) is 10.3. The summed E-state index contributed by atoms with van der Waals surface area (Å²) < 4.78 is 37.3. The van der Waals surface area contributed by atoms with Gasteiger partial charge in [0.05, 0.1) is 6.04 Å². The SMILES string of the molecule is CCNC(=NCC(=O)N(C)CC(F)(F)F)NCC(c1cccs1)N1CCCC1.I. The maximum absolute atomic E-state index is 12.4. The fourth-order valence-electron chi connectivity index (χ4n) is 3.10. The van der Waals surface area contributed by atoms with Crippen molar-refractivity contribution in [1.82, 2.24) is 20.4 Å². The maximum Gasteiger partial charge on any atom is 0.406 e. The average Bonchev–Trinajstić information content (AvgIpc) is 3.32. The topological polar surface area (TPSA) is 60.0 Å².